The van der Waals surface area contributed by atoms with E-state index in [1.54, 1.807) is 0 Å². The summed E-state index contributed by atoms with van der Waals surface area (Å²) in [7, 11) is -9.92. The highest BCUT2D eigenvalue weighted by Crippen LogP contribution is 2.45. The summed E-state index contributed by atoms with van der Waals surface area (Å²) in [5.41, 5.74) is 0. The molecule has 0 heterocycles. The molecule has 103 heavy (non-hydrogen) atoms. The number of phosphoric ester groups is 2. The Balaban J connectivity index is 5.17. The van der Waals surface area contributed by atoms with Crippen LogP contribution in [0.25, 0.3) is 0 Å². The molecule has 612 valence electrons. The van der Waals surface area contributed by atoms with E-state index in [9.17, 15) is 43.2 Å². The van der Waals surface area contributed by atoms with Crippen molar-refractivity contribution < 1.29 is 80.2 Å². The molecule has 0 saturated heterocycles. The van der Waals surface area contributed by atoms with E-state index in [-0.39, 0.29) is 25.7 Å². The van der Waals surface area contributed by atoms with E-state index in [1.807, 2.05) is 0 Å². The van der Waals surface area contributed by atoms with Gasteiger partial charge in [0, 0.05) is 25.7 Å². The summed E-state index contributed by atoms with van der Waals surface area (Å²) >= 11 is 0. The molecule has 0 fully saturated rings. The minimum absolute atomic E-state index is 0.108. The topological polar surface area (TPSA) is 237 Å². The summed E-state index contributed by atoms with van der Waals surface area (Å²) in [4.78, 5) is 73.0. The number of hydrogen-bond donors (Lipinski definition) is 3. The van der Waals surface area contributed by atoms with Crippen LogP contribution < -0.4 is 0 Å². The molecule has 0 aliphatic rings. The SMILES string of the molecule is CCCCCCCCCCCCCCCC(=O)O[C@H](COC(=O)CCCCCCCCCC)COP(=O)(O)OC[C@H](O)COP(=O)(O)OC[C@@H](COC(=O)CCCCCCCCCCCCCCCCCCCCC(C)C)OC(=O)CCCCCCCCCCCCCCCCCCCCC(C)C. The number of phosphoric acid groups is 2. The summed E-state index contributed by atoms with van der Waals surface area (Å²) in [6.07, 6.45) is 66.8. The van der Waals surface area contributed by atoms with Crippen molar-refractivity contribution in [1.29, 1.82) is 0 Å². The highest BCUT2D eigenvalue weighted by Gasteiger charge is 2.30. The third-order valence-corrected chi connectivity index (χ3v) is 21.6. The highest BCUT2D eigenvalue weighted by atomic mass is 31.2. The molecule has 0 bridgehead atoms. The van der Waals surface area contributed by atoms with Crippen molar-refractivity contribution in [3.05, 3.63) is 0 Å². The lowest BCUT2D eigenvalue weighted by molar-refractivity contribution is -0.161. The summed E-state index contributed by atoms with van der Waals surface area (Å²) < 4.78 is 68.7. The average molecular weight is 1510 g/mol. The maximum Gasteiger partial charge on any atom is 0.472 e. The maximum atomic E-state index is 13.1. The molecule has 0 aliphatic carbocycles. The summed E-state index contributed by atoms with van der Waals surface area (Å²) in [6.45, 7) is 9.70. The zero-order chi connectivity index (χ0) is 75.6. The van der Waals surface area contributed by atoms with Crippen molar-refractivity contribution in [3.63, 3.8) is 0 Å². The van der Waals surface area contributed by atoms with Crippen molar-refractivity contribution >= 4 is 39.5 Å². The van der Waals surface area contributed by atoms with Gasteiger partial charge in [0.05, 0.1) is 26.4 Å². The van der Waals surface area contributed by atoms with Crippen LogP contribution in [0.5, 0.6) is 0 Å². The first-order valence-corrected chi connectivity index (χ1v) is 46.5. The van der Waals surface area contributed by atoms with Gasteiger partial charge < -0.3 is 33.8 Å². The van der Waals surface area contributed by atoms with Gasteiger partial charge in [0.1, 0.15) is 19.3 Å². The van der Waals surface area contributed by atoms with Crippen LogP contribution in [0.15, 0.2) is 0 Å². The van der Waals surface area contributed by atoms with Crippen LogP contribution in [-0.4, -0.2) is 96.7 Å². The molecule has 0 saturated carbocycles. The fraction of sp³-hybridized carbons (Fsp3) is 0.952. The van der Waals surface area contributed by atoms with Crippen LogP contribution >= 0.6 is 15.6 Å². The number of aliphatic hydroxyl groups excluding tert-OH is 1. The Morgan fingerprint density at radius 3 is 0.660 bits per heavy atom. The number of unbranched alkanes of at least 4 members (excludes halogenated alkanes) is 53. The number of carbonyl (C=O) groups excluding carboxylic acids is 4. The largest absolute Gasteiger partial charge is 0.472 e. The third kappa shape index (κ3) is 78.0. The molecule has 3 N–H and O–H groups in total. The van der Waals surface area contributed by atoms with E-state index in [1.165, 1.54) is 257 Å². The van der Waals surface area contributed by atoms with Gasteiger partial charge >= 0.3 is 39.5 Å². The van der Waals surface area contributed by atoms with Crippen molar-refractivity contribution in [2.75, 3.05) is 39.6 Å². The predicted octanol–water partition coefficient (Wildman–Crippen LogP) is 25.5. The Labute approximate surface area is 632 Å². The lowest BCUT2D eigenvalue weighted by atomic mass is 10.0. The minimum atomic E-state index is -4.96. The van der Waals surface area contributed by atoms with E-state index < -0.39 is 97.5 Å². The van der Waals surface area contributed by atoms with Gasteiger partial charge in [0.15, 0.2) is 12.2 Å². The lowest BCUT2D eigenvalue weighted by Crippen LogP contribution is -2.30. The van der Waals surface area contributed by atoms with Crippen molar-refractivity contribution in [3.8, 4) is 0 Å². The standard InChI is InChI=1S/C84H164O17P2/c1-7-9-11-13-15-17-18-31-39-44-50-56-62-68-83(88)100-79(72-94-81(86)66-60-54-48-16-14-12-10-8-2)74-98-102(90,91)96-70-78(85)71-97-103(92,93)99-75-80(101-84(89)69-63-57-51-45-40-35-30-26-22-20-24-28-33-37-42-47-53-59-65-77(5)6)73-95-82(87)67-61-55-49-43-38-34-29-25-21-19-23-27-32-36-41-46-52-58-64-76(3)4/h76-80,85H,7-75H2,1-6H3,(H,90,91)(H,92,93)/t78-,79+,80+/m0/s1. The molecular weight excluding hydrogens is 1340 g/mol. The van der Waals surface area contributed by atoms with E-state index in [4.69, 9.17) is 37.0 Å². The molecule has 0 aromatic heterocycles. The van der Waals surface area contributed by atoms with Gasteiger partial charge in [0.2, 0.25) is 0 Å². The second-order valence-electron chi connectivity index (χ2n) is 31.2. The summed E-state index contributed by atoms with van der Waals surface area (Å²) in [5, 5.41) is 10.6. The van der Waals surface area contributed by atoms with Crippen LogP contribution in [-0.2, 0) is 65.4 Å². The predicted molar refractivity (Wildman–Crippen MR) is 423 cm³/mol. The molecule has 0 aromatic rings. The number of aliphatic hydroxyl groups is 1. The molecular formula is C84H164O17P2. The number of rotatable bonds is 83. The Kier molecular flexibility index (Phi) is 74.1. The molecule has 0 aliphatic heterocycles. The van der Waals surface area contributed by atoms with Gasteiger partial charge in [-0.1, -0.05) is 395 Å². The second-order valence-corrected chi connectivity index (χ2v) is 34.1. The number of esters is 4. The first kappa shape index (κ1) is 101. The molecule has 17 nitrogen and oxygen atoms in total. The Morgan fingerprint density at radius 2 is 0.447 bits per heavy atom. The smallest absolute Gasteiger partial charge is 0.462 e. The molecule has 0 radical (unpaired) electrons. The van der Waals surface area contributed by atoms with Crippen LogP contribution in [0.2, 0.25) is 0 Å². The highest BCUT2D eigenvalue weighted by molar-refractivity contribution is 7.47. The van der Waals surface area contributed by atoms with Gasteiger partial charge in [-0.25, -0.2) is 9.13 Å². The molecule has 0 rings (SSSR count). The molecule has 0 aromatic carbocycles. The monoisotopic (exact) mass is 1510 g/mol. The summed E-state index contributed by atoms with van der Waals surface area (Å²) in [5.74, 6) is -0.464. The zero-order valence-corrected chi connectivity index (χ0v) is 69.4. The quantitative estimate of drug-likeness (QED) is 0.0222. The third-order valence-electron chi connectivity index (χ3n) is 19.7. The number of carbonyl (C=O) groups is 4. The number of hydrogen-bond acceptors (Lipinski definition) is 15. The minimum Gasteiger partial charge on any atom is -0.462 e. The molecule has 2 unspecified atom stereocenters. The van der Waals surface area contributed by atoms with Crippen LogP contribution in [0.4, 0.5) is 0 Å². The Bertz CT molecular complexity index is 1980. The molecule has 0 amide bonds. The van der Waals surface area contributed by atoms with Crippen molar-refractivity contribution in [2.45, 2.75) is 464 Å². The van der Waals surface area contributed by atoms with Crippen LogP contribution in [0, 0.1) is 11.8 Å². The molecule has 19 heteroatoms. The Hall–Kier alpha value is -1.94. The first-order chi connectivity index (χ1) is 49.9. The lowest BCUT2D eigenvalue weighted by Gasteiger charge is -2.21. The fourth-order valence-corrected chi connectivity index (χ4v) is 14.6. The Morgan fingerprint density at radius 1 is 0.262 bits per heavy atom. The van der Waals surface area contributed by atoms with E-state index in [0.717, 1.165) is 108 Å². The second kappa shape index (κ2) is 75.5. The molecule has 5 atom stereocenters. The van der Waals surface area contributed by atoms with Gasteiger partial charge in [-0.2, -0.15) is 0 Å². The van der Waals surface area contributed by atoms with Gasteiger partial charge in [-0.15, -0.1) is 0 Å². The number of ether oxygens (including phenoxy) is 4. The van der Waals surface area contributed by atoms with Gasteiger partial charge in [0.25, 0.3) is 0 Å². The maximum absolute atomic E-state index is 13.1. The fourth-order valence-electron chi connectivity index (χ4n) is 13.1. The summed E-state index contributed by atoms with van der Waals surface area (Å²) in [6, 6.07) is 0. The normalized spacial score (nSPS) is 13.9. The van der Waals surface area contributed by atoms with E-state index in [2.05, 4.69) is 41.5 Å². The van der Waals surface area contributed by atoms with Crippen molar-refractivity contribution in [2.24, 2.45) is 11.8 Å². The average Bonchev–Trinajstić information content (AvgIpc) is 0.914. The van der Waals surface area contributed by atoms with E-state index >= 15 is 0 Å². The van der Waals surface area contributed by atoms with Crippen LogP contribution in [0.1, 0.15) is 446 Å². The van der Waals surface area contributed by atoms with E-state index in [0.29, 0.717) is 25.7 Å². The first-order valence-electron chi connectivity index (χ1n) is 43.5. The van der Waals surface area contributed by atoms with Crippen LogP contribution in [0.3, 0.4) is 0 Å². The molecule has 0 spiro atoms. The van der Waals surface area contributed by atoms with Crippen molar-refractivity contribution in [1.82, 2.24) is 0 Å². The van der Waals surface area contributed by atoms with Gasteiger partial charge in [-0.3, -0.25) is 37.3 Å². The zero-order valence-electron chi connectivity index (χ0n) is 67.6. The van der Waals surface area contributed by atoms with Gasteiger partial charge in [-0.05, 0) is 37.5 Å².